The van der Waals surface area contributed by atoms with Gasteiger partial charge in [0.15, 0.2) is 11.2 Å². The van der Waals surface area contributed by atoms with E-state index in [1.807, 2.05) is 61.7 Å². The van der Waals surface area contributed by atoms with Crippen LogP contribution in [-0.4, -0.2) is 63.7 Å². The highest BCUT2D eigenvalue weighted by atomic mass is 32.3. The van der Waals surface area contributed by atoms with E-state index < -0.39 is 16.1 Å². The molecule has 4 N–H and O–H groups in total. The molecule has 2 aromatic carbocycles. The van der Waals surface area contributed by atoms with Gasteiger partial charge < -0.3 is 34.8 Å². The van der Waals surface area contributed by atoms with E-state index in [9.17, 15) is 10.1 Å². The van der Waals surface area contributed by atoms with Gasteiger partial charge in [0, 0.05) is 28.3 Å². The van der Waals surface area contributed by atoms with Gasteiger partial charge >= 0.3 is 6.09 Å². The van der Waals surface area contributed by atoms with Crippen molar-refractivity contribution in [1.82, 2.24) is 30.2 Å². The van der Waals surface area contributed by atoms with E-state index in [0.717, 1.165) is 26.5 Å². The van der Waals surface area contributed by atoms with Crippen LogP contribution in [0.3, 0.4) is 0 Å². The van der Waals surface area contributed by atoms with Crippen LogP contribution in [0.5, 0.6) is 5.88 Å². The van der Waals surface area contributed by atoms with Gasteiger partial charge in [0.25, 0.3) is 0 Å². The van der Waals surface area contributed by atoms with Crippen LogP contribution in [0.4, 0.5) is 15.7 Å². The Bertz CT molecular complexity index is 2530. The lowest BCUT2D eigenvalue weighted by molar-refractivity contribution is 0.148. The van der Waals surface area contributed by atoms with Gasteiger partial charge in [-0.2, -0.15) is 25.3 Å². The Morgan fingerprint density at radius 1 is 1.08 bits per heavy atom. The Morgan fingerprint density at radius 2 is 1.85 bits per heavy atom. The monoisotopic (exact) mass is 763 g/mol. The van der Waals surface area contributed by atoms with Crippen molar-refractivity contribution < 1.29 is 18.7 Å². The Labute approximate surface area is 313 Å². The van der Waals surface area contributed by atoms with Gasteiger partial charge in [0.1, 0.15) is 35.9 Å². The number of carbonyl (C=O) groups is 1. The molecule has 5 aromatic heterocycles. The topological polar surface area (TPSA) is 181 Å². The van der Waals surface area contributed by atoms with E-state index in [1.165, 1.54) is 25.9 Å². The second-order valence-electron chi connectivity index (χ2n) is 12.6. The maximum absolute atomic E-state index is 12.5. The summed E-state index contributed by atoms with van der Waals surface area (Å²) < 4.78 is 17.2. The number of anilines is 2. The third kappa shape index (κ3) is 6.77. The number of allylic oxidation sites excluding steroid dienone is 1. The van der Waals surface area contributed by atoms with Crippen molar-refractivity contribution in [3.8, 4) is 21.7 Å². The van der Waals surface area contributed by atoms with Gasteiger partial charge in [-0.3, -0.25) is 0 Å². The molecule has 268 valence electrons. The predicted octanol–water partition coefficient (Wildman–Crippen LogP) is 7.67. The third-order valence-corrected chi connectivity index (χ3v) is 14.4. The highest BCUT2D eigenvalue weighted by Crippen LogP contribution is 2.71. The van der Waals surface area contributed by atoms with Gasteiger partial charge in [-0.05, 0) is 54.0 Å². The quantitative estimate of drug-likeness (QED) is 0.110. The number of carbonyl (C=O) groups excluding carboxylic acids is 1. The summed E-state index contributed by atoms with van der Waals surface area (Å²) in [5.41, 5.74) is 10.4. The number of nitrogens with one attached hydrogen (secondary N) is 2. The summed E-state index contributed by atoms with van der Waals surface area (Å²) in [6, 6.07) is 21.9. The minimum atomic E-state index is -1.25. The SMILES string of the molecule is CN(CCOC(=O)NCc1ccc(COc2nc(N)nc3nc[nH]c23)cc1)c1cc2c(s1)-c1sc(/C=C(/C#N)c3nc4ccccc4o3)cc1S2(C)C. The largest absolute Gasteiger partial charge is 0.471 e. The number of H-pyrrole nitrogens is 1. The molecule has 0 unspecified atom stereocenters. The lowest BCUT2D eigenvalue weighted by Crippen LogP contribution is -2.28. The highest BCUT2D eigenvalue weighted by molar-refractivity contribution is 8.33. The Morgan fingerprint density at radius 3 is 2.66 bits per heavy atom. The summed E-state index contributed by atoms with van der Waals surface area (Å²) in [5, 5.41) is 13.9. The molecule has 8 rings (SSSR count). The Hall–Kier alpha value is -5.89. The zero-order chi connectivity index (χ0) is 36.7. The fraction of sp³-hybridized carbons (Fsp3) is 0.189. The molecular weight excluding hydrogens is 731 g/mol. The Kier molecular flexibility index (Phi) is 8.98. The zero-order valence-electron chi connectivity index (χ0n) is 28.9. The van der Waals surface area contributed by atoms with Crippen molar-refractivity contribution in [3.63, 3.8) is 0 Å². The van der Waals surface area contributed by atoms with Crippen LogP contribution in [0.15, 0.2) is 81.2 Å². The van der Waals surface area contributed by atoms with E-state index in [0.29, 0.717) is 47.2 Å². The molecule has 1 amide bonds. The molecule has 0 aliphatic carbocycles. The third-order valence-electron chi connectivity index (χ3n) is 8.78. The molecule has 0 radical (unpaired) electrons. The predicted molar refractivity (Wildman–Crippen MR) is 209 cm³/mol. The number of oxazole rings is 1. The van der Waals surface area contributed by atoms with E-state index in [-0.39, 0.29) is 19.2 Å². The number of likely N-dealkylation sites (N-methyl/N-ethyl adjacent to an activating group) is 1. The van der Waals surface area contributed by atoms with Crippen LogP contribution in [0.25, 0.3) is 43.7 Å². The number of para-hydroxylation sites is 2. The number of fused-ring (bicyclic) bond motifs is 5. The van der Waals surface area contributed by atoms with Crippen molar-refractivity contribution in [3.05, 3.63) is 88.9 Å². The molecule has 1 aliphatic rings. The fourth-order valence-electron chi connectivity index (χ4n) is 5.92. The second-order valence-corrected chi connectivity index (χ2v) is 18.3. The number of nitrogens with two attached hydrogens (primary N) is 1. The van der Waals surface area contributed by atoms with E-state index in [2.05, 4.69) is 65.9 Å². The molecular formula is C37H33N9O4S3. The molecule has 0 spiro atoms. The molecule has 0 saturated carbocycles. The number of aromatic amines is 1. The molecule has 53 heavy (non-hydrogen) atoms. The standard InChI is InChI=1S/C37H33N9O4S3/c1-46(12-13-48-37(47)40-18-21-8-10-22(11-9-21)19-49-35-30-33(42-20-41-30)44-36(39)45-35)29-16-28-32(52-29)31-27(53(28,2)3)15-24(51-31)14-23(17-38)34-43-25-6-4-5-7-26(25)50-34/h4-11,14-16,20H,12-13,18-19H2,1-3H3,(H,40,47)(H3,39,41,42,44,45)/b23-14-. The first kappa shape index (κ1) is 34.2. The number of ether oxygens (including phenoxy) is 2. The lowest BCUT2D eigenvalue weighted by Gasteiger charge is -2.26. The minimum Gasteiger partial charge on any atom is -0.471 e. The molecule has 0 atom stereocenters. The van der Waals surface area contributed by atoms with Crippen molar-refractivity contribution in [2.75, 3.05) is 43.3 Å². The number of aromatic nitrogens is 5. The van der Waals surface area contributed by atoms with Gasteiger partial charge in [0.2, 0.25) is 17.7 Å². The molecule has 6 heterocycles. The first-order valence-corrected chi connectivity index (χ1v) is 20.5. The number of hydrogen-bond acceptors (Lipinski definition) is 13. The summed E-state index contributed by atoms with van der Waals surface area (Å²) >= 11 is 3.43. The van der Waals surface area contributed by atoms with Crippen molar-refractivity contribution in [2.24, 2.45) is 0 Å². The highest BCUT2D eigenvalue weighted by Gasteiger charge is 2.36. The van der Waals surface area contributed by atoms with Crippen LogP contribution in [0.1, 0.15) is 21.9 Å². The minimum absolute atomic E-state index is 0.0893. The number of benzene rings is 2. The first-order chi connectivity index (χ1) is 25.7. The van der Waals surface area contributed by atoms with E-state index in [1.54, 1.807) is 22.7 Å². The second kappa shape index (κ2) is 13.9. The van der Waals surface area contributed by atoms with Crippen LogP contribution in [0.2, 0.25) is 0 Å². The molecule has 0 fully saturated rings. The molecule has 7 aromatic rings. The van der Waals surface area contributed by atoms with Gasteiger partial charge in [0.05, 0.1) is 27.6 Å². The van der Waals surface area contributed by atoms with Gasteiger partial charge in [-0.25, -0.2) is 14.8 Å². The summed E-state index contributed by atoms with van der Waals surface area (Å²) in [6.07, 6.45) is 7.52. The zero-order valence-corrected chi connectivity index (χ0v) is 31.3. The summed E-state index contributed by atoms with van der Waals surface area (Å²) in [6.45, 7) is 1.38. The van der Waals surface area contributed by atoms with Crippen molar-refractivity contribution >= 4 is 83.7 Å². The number of thiophene rings is 2. The van der Waals surface area contributed by atoms with Gasteiger partial charge in [-0.1, -0.05) is 36.4 Å². The van der Waals surface area contributed by atoms with Crippen LogP contribution in [-0.2, 0) is 17.9 Å². The van der Waals surface area contributed by atoms with Gasteiger partial charge in [-0.15, -0.1) is 22.7 Å². The van der Waals surface area contributed by atoms with Crippen LogP contribution < -0.4 is 20.7 Å². The van der Waals surface area contributed by atoms with E-state index in [4.69, 9.17) is 19.6 Å². The molecule has 16 heteroatoms. The average Bonchev–Trinajstić information content (AvgIpc) is 3.98. The van der Waals surface area contributed by atoms with Crippen LogP contribution >= 0.6 is 32.7 Å². The average molecular weight is 764 g/mol. The maximum atomic E-state index is 12.5. The number of nitrogens with zero attached hydrogens (tertiary/aromatic N) is 6. The maximum Gasteiger partial charge on any atom is 0.407 e. The number of hydrogen-bond donors (Lipinski definition) is 3. The number of amides is 1. The molecule has 0 saturated heterocycles. The summed E-state index contributed by atoms with van der Waals surface area (Å²) in [5.74, 6) is 0.748. The number of imidazole rings is 1. The molecule has 13 nitrogen and oxygen atoms in total. The smallest absolute Gasteiger partial charge is 0.407 e. The molecule has 1 aliphatic heterocycles. The number of nitriles is 1. The number of alkyl carbamates (subject to hydrolysis) is 1. The molecule has 0 bridgehead atoms. The fourth-order valence-corrected chi connectivity index (χ4v) is 12.1. The Balaban J connectivity index is 0.839. The lowest BCUT2D eigenvalue weighted by atomic mass is 10.1. The first-order valence-electron chi connectivity index (χ1n) is 16.4. The summed E-state index contributed by atoms with van der Waals surface area (Å²) in [7, 11) is 0.759. The van der Waals surface area contributed by atoms with Crippen molar-refractivity contribution in [2.45, 2.75) is 22.9 Å². The van der Waals surface area contributed by atoms with E-state index >= 15 is 0 Å². The van der Waals surface area contributed by atoms with Crippen LogP contribution in [0, 0.1) is 11.3 Å². The van der Waals surface area contributed by atoms with Crippen molar-refractivity contribution in [1.29, 1.82) is 5.26 Å². The number of rotatable bonds is 11. The summed E-state index contributed by atoms with van der Waals surface area (Å²) in [4.78, 5) is 40.6. The normalized spacial score (nSPS) is 13.7. The number of nitrogen functional groups attached to an aromatic ring is 1.